The van der Waals surface area contributed by atoms with Crippen molar-refractivity contribution in [1.29, 1.82) is 0 Å². The van der Waals surface area contributed by atoms with Gasteiger partial charge in [0, 0.05) is 31.0 Å². The van der Waals surface area contributed by atoms with E-state index in [9.17, 15) is 10.1 Å². The molecule has 1 aliphatic heterocycles. The summed E-state index contributed by atoms with van der Waals surface area (Å²) in [5, 5.41) is 21.8. The molecule has 3 aliphatic rings. The Kier molecular flexibility index (Phi) is 3.91. The highest BCUT2D eigenvalue weighted by Crippen LogP contribution is 2.39. The van der Waals surface area contributed by atoms with Crippen molar-refractivity contribution in [1.82, 2.24) is 25.1 Å². The summed E-state index contributed by atoms with van der Waals surface area (Å²) in [4.78, 5) is 26.3. The Hall–Kier alpha value is -2.78. The molecular weight excluding hydrogens is 348 g/mol. The molecule has 142 valence electrons. The average Bonchev–Trinajstić information content (AvgIpc) is 3.62. The number of nitrogens with zero attached hydrogens (tertiary/aromatic N) is 6. The molecule has 2 aromatic rings. The van der Waals surface area contributed by atoms with Crippen LogP contribution in [-0.2, 0) is 0 Å². The van der Waals surface area contributed by atoms with Gasteiger partial charge < -0.3 is 10.2 Å². The SMILES string of the molecule is O=[N+]([O-])c1cnc(N2CCC(c3nc(C4CC4)n[nH]3)CC2)nc1NC1CC1. The molecule has 3 fully saturated rings. The van der Waals surface area contributed by atoms with Crippen LogP contribution in [0.3, 0.4) is 0 Å². The van der Waals surface area contributed by atoms with Gasteiger partial charge in [0.15, 0.2) is 5.82 Å². The van der Waals surface area contributed by atoms with Crippen molar-refractivity contribution in [3.05, 3.63) is 28.0 Å². The predicted molar refractivity (Wildman–Crippen MR) is 97.9 cm³/mol. The van der Waals surface area contributed by atoms with Crippen LogP contribution in [0.15, 0.2) is 6.20 Å². The Morgan fingerprint density at radius 1 is 1.11 bits per heavy atom. The summed E-state index contributed by atoms with van der Waals surface area (Å²) in [6.07, 6.45) is 7.65. The smallest absolute Gasteiger partial charge is 0.329 e. The molecule has 0 aromatic carbocycles. The van der Waals surface area contributed by atoms with E-state index >= 15 is 0 Å². The Balaban J connectivity index is 1.27. The first-order valence-electron chi connectivity index (χ1n) is 9.62. The van der Waals surface area contributed by atoms with Crippen LogP contribution in [0.5, 0.6) is 0 Å². The van der Waals surface area contributed by atoms with Crippen LogP contribution in [-0.4, -0.2) is 49.2 Å². The number of nitro groups is 1. The highest BCUT2D eigenvalue weighted by molar-refractivity contribution is 5.58. The van der Waals surface area contributed by atoms with E-state index in [1.165, 1.54) is 19.0 Å². The molecule has 1 saturated heterocycles. The fourth-order valence-electron chi connectivity index (χ4n) is 3.53. The summed E-state index contributed by atoms with van der Waals surface area (Å²) < 4.78 is 0. The number of piperidine rings is 1. The normalized spacial score (nSPS) is 20.7. The molecule has 3 heterocycles. The molecule has 27 heavy (non-hydrogen) atoms. The monoisotopic (exact) mass is 370 g/mol. The third-order valence-electron chi connectivity index (χ3n) is 5.50. The number of H-pyrrole nitrogens is 1. The summed E-state index contributed by atoms with van der Waals surface area (Å²) >= 11 is 0. The fourth-order valence-corrected chi connectivity index (χ4v) is 3.53. The quantitative estimate of drug-likeness (QED) is 0.586. The van der Waals surface area contributed by atoms with Crippen LogP contribution in [0.2, 0.25) is 0 Å². The van der Waals surface area contributed by atoms with E-state index in [2.05, 4.69) is 35.4 Å². The molecule has 0 bridgehead atoms. The van der Waals surface area contributed by atoms with Gasteiger partial charge in [0.05, 0.1) is 4.92 Å². The van der Waals surface area contributed by atoms with Crippen molar-refractivity contribution in [2.75, 3.05) is 23.3 Å². The summed E-state index contributed by atoms with van der Waals surface area (Å²) in [5.74, 6) is 3.75. The second kappa shape index (κ2) is 6.43. The molecule has 2 aliphatic carbocycles. The third kappa shape index (κ3) is 3.43. The van der Waals surface area contributed by atoms with Gasteiger partial charge in [0.25, 0.3) is 0 Å². The number of hydrogen-bond acceptors (Lipinski definition) is 8. The van der Waals surface area contributed by atoms with Crippen LogP contribution in [0.1, 0.15) is 62.0 Å². The van der Waals surface area contributed by atoms with Gasteiger partial charge in [-0.25, -0.2) is 9.97 Å². The van der Waals surface area contributed by atoms with Crippen molar-refractivity contribution in [2.24, 2.45) is 0 Å². The zero-order valence-electron chi connectivity index (χ0n) is 15.0. The Bertz CT molecular complexity index is 852. The Labute approximate surface area is 156 Å². The number of nitrogens with one attached hydrogen (secondary N) is 2. The van der Waals surface area contributed by atoms with Crippen molar-refractivity contribution < 1.29 is 4.92 Å². The van der Waals surface area contributed by atoms with E-state index in [1.807, 2.05) is 0 Å². The van der Waals surface area contributed by atoms with E-state index in [0.717, 1.165) is 50.4 Å². The first-order chi connectivity index (χ1) is 13.2. The zero-order chi connectivity index (χ0) is 18.4. The van der Waals surface area contributed by atoms with Crippen LogP contribution < -0.4 is 10.2 Å². The molecule has 0 spiro atoms. The minimum absolute atomic E-state index is 0.0604. The van der Waals surface area contributed by atoms with Crippen molar-refractivity contribution in [3.8, 4) is 0 Å². The topological polar surface area (TPSA) is 126 Å². The fraction of sp³-hybridized carbons (Fsp3) is 0.647. The molecule has 0 unspecified atom stereocenters. The van der Waals surface area contributed by atoms with Crippen molar-refractivity contribution in [2.45, 2.75) is 56.4 Å². The van der Waals surface area contributed by atoms with E-state index in [4.69, 9.17) is 0 Å². The molecule has 5 rings (SSSR count). The van der Waals surface area contributed by atoms with E-state index < -0.39 is 4.92 Å². The van der Waals surface area contributed by atoms with Gasteiger partial charge in [-0.3, -0.25) is 15.2 Å². The molecule has 0 radical (unpaired) electrons. The van der Waals surface area contributed by atoms with Gasteiger partial charge in [-0.05, 0) is 38.5 Å². The Morgan fingerprint density at radius 3 is 2.56 bits per heavy atom. The standard InChI is InChI=1S/C17H22N8O2/c26-25(27)13-9-18-17(21-16(13)19-12-3-4-12)24-7-5-11(6-8-24)15-20-14(22-23-15)10-1-2-10/h9-12H,1-8H2,(H,18,19,21)(H,20,22,23). The van der Waals surface area contributed by atoms with Crippen LogP contribution in [0.25, 0.3) is 0 Å². The lowest BCUT2D eigenvalue weighted by molar-refractivity contribution is -0.384. The summed E-state index contributed by atoms with van der Waals surface area (Å²) in [5.41, 5.74) is -0.0604. The maximum Gasteiger partial charge on any atom is 0.329 e. The second-order valence-corrected chi connectivity index (χ2v) is 7.69. The largest absolute Gasteiger partial charge is 0.361 e. The predicted octanol–water partition coefficient (Wildman–Crippen LogP) is 2.34. The lowest BCUT2D eigenvalue weighted by Crippen LogP contribution is -2.34. The number of rotatable bonds is 6. The average molecular weight is 370 g/mol. The van der Waals surface area contributed by atoms with E-state index in [0.29, 0.717) is 29.6 Å². The summed E-state index contributed by atoms with van der Waals surface area (Å²) in [6, 6.07) is 0.296. The lowest BCUT2D eigenvalue weighted by atomic mass is 9.96. The van der Waals surface area contributed by atoms with Gasteiger partial charge in [-0.15, -0.1) is 0 Å². The van der Waals surface area contributed by atoms with Gasteiger partial charge in [-0.2, -0.15) is 10.1 Å². The molecule has 0 atom stereocenters. The maximum atomic E-state index is 11.2. The van der Waals surface area contributed by atoms with E-state index in [-0.39, 0.29) is 5.69 Å². The summed E-state index contributed by atoms with van der Waals surface area (Å²) in [7, 11) is 0. The molecule has 2 aromatic heterocycles. The van der Waals surface area contributed by atoms with Crippen molar-refractivity contribution >= 4 is 17.5 Å². The first-order valence-corrected chi connectivity index (χ1v) is 9.62. The van der Waals surface area contributed by atoms with Crippen LogP contribution in [0, 0.1) is 10.1 Å². The highest BCUT2D eigenvalue weighted by atomic mass is 16.6. The molecule has 2 N–H and O–H groups in total. The van der Waals surface area contributed by atoms with Crippen LogP contribution >= 0.6 is 0 Å². The zero-order valence-corrected chi connectivity index (χ0v) is 15.0. The van der Waals surface area contributed by atoms with Crippen LogP contribution in [0.4, 0.5) is 17.5 Å². The number of aromatic nitrogens is 5. The molecule has 2 saturated carbocycles. The van der Waals surface area contributed by atoms with Crippen molar-refractivity contribution in [3.63, 3.8) is 0 Å². The van der Waals surface area contributed by atoms with Gasteiger partial charge in [-0.1, -0.05) is 0 Å². The number of hydrogen-bond donors (Lipinski definition) is 2. The number of aromatic amines is 1. The lowest BCUT2D eigenvalue weighted by Gasteiger charge is -2.31. The Morgan fingerprint density at radius 2 is 1.89 bits per heavy atom. The van der Waals surface area contributed by atoms with Gasteiger partial charge in [0.2, 0.25) is 11.8 Å². The minimum Gasteiger partial charge on any atom is -0.361 e. The highest BCUT2D eigenvalue weighted by Gasteiger charge is 2.31. The molecule has 0 amide bonds. The first kappa shape index (κ1) is 16.4. The van der Waals surface area contributed by atoms with Gasteiger partial charge in [0.1, 0.15) is 12.0 Å². The van der Waals surface area contributed by atoms with E-state index in [1.54, 1.807) is 0 Å². The third-order valence-corrected chi connectivity index (χ3v) is 5.50. The molecule has 10 heteroatoms. The van der Waals surface area contributed by atoms with Gasteiger partial charge >= 0.3 is 5.69 Å². The molecular formula is C17H22N8O2. The minimum atomic E-state index is -0.428. The summed E-state index contributed by atoms with van der Waals surface area (Å²) in [6.45, 7) is 1.59. The molecule has 10 nitrogen and oxygen atoms in total. The maximum absolute atomic E-state index is 11.2. The second-order valence-electron chi connectivity index (χ2n) is 7.69. The number of anilines is 2.